The number of anilines is 2. The molecule has 0 fully saturated rings. The van der Waals surface area contributed by atoms with Crippen molar-refractivity contribution in [3.05, 3.63) is 57.8 Å². The Morgan fingerprint density at radius 2 is 2.07 bits per heavy atom. The van der Waals surface area contributed by atoms with E-state index in [0.29, 0.717) is 6.42 Å². The molecule has 0 unspecified atom stereocenters. The van der Waals surface area contributed by atoms with Crippen LogP contribution in [-0.4, -0.2) is 30.8 Å². The van der Waals surface area contributed by atoms with Crippen LogP contribution in [0.15, 0.2) is 39.7 Å². The monoisotopic (exact) mass is 403 g/mol. The molecule has 1 aromatic carbocycles. The molecule has 0 radical (unpaired) electrons. The van der Waals surface area contributed by atoms with Crippen LogP contribution >= 0.6 is 0 Å². The maximum absolute atomic E-state index is 14.5. The Balaban J connectivity index is 2.06. The summed E-state index contributed by atoms with van der Waals surface area (Å²) in [5, 5.41) is 3.08. The zero-order valence-electron chi connectivity index (χ0n) is 16.4. The fourth-order valence-corrected chi connectivity index (χ4v) is 2.89. The minimum atomic E-state index is -0.648. The van der Waals surface area contributed by atoms with Gasteiger partial charge in [-0.05, 0) is 30.2 Å². The number of benzene rings is 1. The third-order valence-electron chi connectivity index (χ3n) is 4.48. The van der Waals surface area contributed by atoms with Crippen LogP contribution in [0.2, 0.25) is 0 Å². The Labute approximate surface area is 166 Å². The van der Waals surface area contributed by atoms with Crippen molar-refractivity contribution in [2.45, 2.75) is 13.3 Å². The predicted molar refractivity (Wildman–Crippen MR) is 106 cm³/mol. The van der Waals surface area contributed by atoms with Crippen molar-refractivity contribution in [1.29, 1.82) is 0 Å². The molecular formula is C20H22FN3O5. The first-order valence-electron chi connectivity index (χ1n) is 9.04. The molecule has 29 heavy (non-hydrogen) atoms. The SMILES string of the molecule is CCc1ccc(Nc2c(C(=O)NOCCOC)c3occc3c(=O)n2C)c(F)c1. The van der Waals surface area contributed by atoms with Gasteiger partial charge in [0.25, 0.3) is 11.5 Å². The van der Waals surface area contributed by atoms with Crippen LogP contribution in [0.3, 0.4) is 0 Å². The van der Waals surface area contributed by atoms with E-state index in [2.05, 4.69) is 10.8 Å². The number of carbonyl (C=O) groups excluding carboxylic acids is 1. The van der Waals surface area contributed by atoms with Crippen molar-refractivity contribution in [2.24, 2.45) is 7.05 Å². The second kappa shape index (κ2) is 8.89. The number of nitrogens with zero attached hydrogens (tertiary/aromatic N) is 1. The summed E-state index contributed by atoms with van der Waals surface area (Å²) in [5.74, 6) is -1.07. The molecule has 2 heterocycles. The van der Waals surface area contributed by atoms with Gasteiger partial charge in [0.1, 0.15) is 17.2 Å². The predicted octanol–water partition coefficient (Wildman–Crippen LogP) is 2.88. The molecule has 0 saturated carbocycles. The van der Waals surface area contributed by atoms with Gasteiger partial charge in [0.05, 0.1) is 30.6 Å². The van der Waals surface area contributed by atoms with E-state index in [-0.39, 0.29) is 41.3 Å². The maximum Gasteiger partial charge on any atom is 0.282 e. The van der Waals surface area contributed by atoms with E-state index in [1.165, 1.54) is 37.1 Å². The summed E-state index contributed by atoms with van der Waals surface area (Å²) in [6, 6.07) is 6.20. The summed E-state index contributed by atoms with van der Waals surface area (Å²) in [6.45, 7) is 2.33. The number of furan rings is 1. The zero-order chi connectivity index (χ0) is 21.0. The van der Waals surface area contributed by atoms with Crippen molar-refractivity contribution >= 4 is 28.4 Å². The lowest BCUT2D eigenvalue weighted by atomic mass is 10.1. The first kappa shape index (κ1) is 20.6. The number of hydroxylamine groups is 1. The van der Waals surface area contributed by atoms with Crippen LogP contribution in [-0.2, 0) is 23.0 Å². The molecule has 2 N–H and O–H groups in total. The number of halogens is 1. The first-order chi connectivity index (χ1) is 14.0. The molecular weight excluding hydrogens is 381 g/mol. The van der Waals surface area contributed by atoms with E-state index in [1.54, 1.807) is 12.1 Å². The Hall–Kier alpha value is -3.17. The molecule has 0 aliphatic carbocycles. The molecule has 0 bridgehead atoms. The lowest BCUT2D eigenvalue weighted by Gasteiger charge is -2.17. The molecule has 0 atom stereocenters. The highest BCUT2D eigenvalue weighted by Crippen LogP contribution is 2.28. The number of fused-ring (bicyclic) bond motifs is 1. The highest BCUT2D eigenvalue weighted by molar-refractivity contribution is 6.09. The smallest absolute Gasteiger partial charge is 0.282 e. The Morgan fingerprint density at radius 1 is 1.28 bits per heavy atom. The summed E-state index contributed by atoms with van der Waals surface area (Å²) in [6.07, 6.45) is 2.00. The summed E-state index contributed by atoms with van der Waals surface area (Å²) in [5.41, 5.74) is 2.95. The molecule has 3 aromatic rings. The molecule has 0 aliphatic rings. The topological polar surface area (TPSA) is 94.7 Å². The van der Waals surface area contributed by atoms with E-state index in [9.17, 15) is 14.0 Å². The van der Waals surface area contributed by atoms with Crippen molar-refractivity contribution < 1.29 is 23.2 Å². The van der Waals surface area contributed by atoms with Gasteiger partial charge in [-0.25, -0.2) is 9.87 Å². The lowest BCUT2D eigenvalue weighted by Crippen LogP contribution is -2.30. The van der Waals surface area contributed by atoms with E-state index in [4.69, 9.17) is 14.0 Å². The van der Waals surface area contributed by atoms with Gasteiger partial charge in [-0.1, -0.05) is 13.0 Å². The van der Waals surface area contributed by atoms with Crippen LogP contribution in [0.5, 0.6) is 0 Å². The van der Waals surface area contributed by atoms with Gasteiger partial charge >= 0.3 is 0 Å². The first-order valence-corrected chi connectivity index (χ1v) is 9.04. The highest BCUT2D eigenvalue weighted by Gasteiger charge is 2.24. The third kappa shape index (κ3) is 4.15. The van der Waals surface area contributed by atoms with E-state index in [1.807, 2.05) is 6.92 Å². The van der Waals surface area contributed by atoms with E-state index in [0.717, 1.165) is 5.56 Å². The van der Waals surface area contributed by atoms with Gasteiger partial charge < -0.3 is 14.5 Å². The van der Waals surface area contributed by atoms with Gasteiger partial charge in [0.15, 0.2) is 5.58 Å². The second-order valence-electron chi connectivity index (χ2n) is 6.32. The minimum absolute atomic E-state index is 0.0171. The Morgan fingerprint density at radius 3 is 2.76 bits per heavy atom. The number of methoxy groups -OCH3 is 1. The lowest BCUT2D eigenvalue weighted by molar-refractivity contribution is 0.00895. The van der Waals surface area contributed by atoms with E-state index < -0.39 is 17.3 Å². The fraction of sp³-hybridized carbons (Fsp3) is 0.300. The molecule has 0 aliphatic heterocycles. The number of ether oxygens (including phenoxy) is 1. The number of hydrogen-bond donors (Lipinski definition) is 2. The average molecular weight is 403 g/mol. The molecule has 8 nitrogen and oxygen atoms in total. The normalized spacial score (nSPS) is 11.0. The number of aryl methyl sites for hydroxylation is 1. The van der Waals surface area contributed by atoms with Gasteiger partial charge in [-0.15, -0.1) is 0 Å². The summed E-state index contributed by atoms with van der Waals surface area (Å²) >= 11 is 0. The van der Waals surface area contributed by atoms with Crippen LogP contribution in [0.1, 0.15) is 22.8 Å². The van der Waals surface area contributed by atoms with Gasteiger partial charge in [0.2, 0.25) is 0 Å². The molecule has 3 rings (SSSR count). The standard InChI is InChI=1S/C20H22FN3O5/c1-4-12-5-6-15(14(21)11-12)22-18-16(19(25)23-29-10-9-27-3)17-13(7-8-28-17)20(26)24(18)2/h5-8,11,22H,4,9-10H2,1-3H3,(H,23,25). The third-order valence-corrected chi connectivity index (χ3v) is 4.48. The van der Waals surface area contributed by atoms with Crippen molar-refractivity contribution in [3.63, 3.8) is 0 Å². The molecule has 154 valence electrons. The summed E-state index contributed by atoms with van der Waals surface area (Å²) in [7, 11) is 2.99. The van der Waals surface area contributed by atoms with Gasteiger partial charge in [-0.2, -0.15) is 0 Å². The summed E-state index contributed by atoms with van der Waals surface area (Å²) in [4.78, 5) is 30.5. The van der Waals surface area contributed by atoms with E-state index >= 15 is 0 Å². The molecule has 0 spiro atoms. The maximum atomic E-state index is 14.5. The van der Waals surface area contributed by atoms with Gasteiger partial charge in [0, 0.05) is 14.2 Å². The number of pyridine rings is 1. The molecule has 0 saturated heterocycles. The number of amides is 1. The number of nitrogens with one attached hydrogen (secondary N) is 2. The highest BCUT2D eigenvalue weighted by atomic mass is 19.1. The number of hydrogen-bond acceptors (Lipinski definition) is 6. The van der Waals surface area contributed by atoms with Crippen LogP contribution < -0.4 is 16.4 Å². The zero-order valence-corrected chi connectivity index (χ0v) is 16.4. The number of rotatable bonds is 8. The quantitative estimate of drug-likeness (QED) is 0.444. The fourth-order valence-electron chi connectivity index (χ4n) is 2.89. The molecule has 9 heteroatoms. The Bertz CT molecular complexity index is 1090. The van der Waals surface area contributed by atoms with Gasteiger partial charge in [-0.3, -0.25) is 19.0 Å². The summed E-state index contributed by atoms with van der Waals surface area (Å²) < 4.78 is 26.0. The van der Waals surface area contributed by atoms with Crippen LogP contribution in [0.4, 0.5) is 15.9 Å². The molecule has 2 aromatic heterocycles. The van der Waals surface area contributed by atoms with Crippen molar-refractivity contribution in [2.75, 3.05) is 25.6 Å². The largest absolute Gasteiger partial charge is 0.463 e. The number of carbonyl (C=O) groups is 1. The van der Waals surface area contributed by atoms with Crippen LogP contribution in [0.25, 0.3) is 11.0 Å². The molecule has 1 amide bonds. The van der Waals surface area contributed by atoms with Crippen LogP contribution in [0, 0.1) is 5.82 Å². The average Bonchev–Trinajstić information content (AvgIpc) is 3.20. The minimum Gasteiger partial charge on any atom is -0.463 e. The van der Waals surface area contributed by atoms with Crippen molar-refractivity contribution in [1.82, 2.24) is 10.0 Å². The van der Waals surface area contributed by atoms with Crippen molar-refractivity contribution in [3.8, 4) is 0 Å². The Kier molecular flexibility index (Phi) is 6.30. The second-order valence-corrected chi connectivity index (χ2v) is 6.32. The number of aromatic nitrogens is 1.